The first-order valence-corrected chi connectivity index (χ1v) is 9.29. The summed E-state index contributed by atoms with van der Waals surface area (Å²) in [6.07, 6.45) is 3.33. The van der Waals surface area contributed by atoms with Crippen molar-refractivity contribution in [1.29, 1.82) is 0 Å². The summed E-state index contributed by atoms with van der Waals surface area (Å²) >= 11 is 0. The molecule has 2 aliphatic rings. The van der Waals surface area contributed by atoms with Crippen LogP contribution in [0.4, 0.5) is 4.39 Å². The first kappa shape index (κ1) is 21.5. The Morgan fingerprint density at radius 3 is 3.00 bits per heavy atom. The molecule has 162 valence electrons. The van der Waals surface area contributed by atoms with Crippen LogP contribution in [0.25, 0.3) is 0 Å². The van der Waals surface area contributed by atoms with Gasteiger partial charge in [-0.15, -0.1) is 0 Å². The molecule has 2 aliphatic heterocycles. The molecule has 10 nitrogen and oxygen atoms in total. The first-order valence-electron chi connectivity index (χ1n) is 9.29. The third-order valence-electron chi connectivity index (χ3n) is 4.91. The van der Waals surface area contributed by atoms with Crippen LogP contribution in [-0.2, 0) is 9.53 Å². The second-order valence-corrected chi connectivity index (χ2v) is 6.90. The number of rotatable bonds is 4. The molecule has 30 heavy (non-hydrogen) atoms. The van der Waals surface area contributed by atoms with Crippen LogP contribution in [-0.4, -0.2) is 71.0 Å². The highest BCUT2D eigenvalue weighted by Gasteiger charge is 2.46. The topological polar surface area (TPSA) is 124 Å². The summed E-state index contributed by atoms with van der Waals surface area (Å²) in [6.45, 7) is 1.10. The van der Waals surface area contributed by atoms with Crippen molar-refractivity contribution in [2.24, 2.45) is 0 Å². The van der Waals surface area contributed by atoms with E-state index in [-0.39, 0.29) is 36.0 Å². The first-order chi connectivity index (χ1) is 14.5. The molecule has 2 aromatic heterocycles. The van der Waals surface area contributed by atoms with E-state index in [9.17, 15) is 9.18 Å². The number of nitrogens with zero attached hydrogens (tertiary/aromatic N) is 3. The fourth-order valence-corrected chi connectivity index (χ4v) is 3.66. The number of pyridine rings is 1. The Morgan fingerprint density at radius 2 is 2.30 bits per heavy atom. The van der Waals surface area contributed by atoms with Gasteiger partial charge in [0.25, 0.3) is 24.1 Å². The van der Waals surface area contributed by atoms with Crippen LogP contribution in [0, 0.1) is 5.82 Å². The lowest BCUT2D eigenvalue weighted by atomic mass is 9.89. The second-order valence-electron chi connectivity index (χ2n) is 6.90. The number of hydrogen-bond acceptors (Lipinski definition) is 8. The van der Waals surface area contributed by atoms with E-state index in [4.69, 9.17) is 28.6 Å². The van der Waals surface area contributed by atoms with Crippen molar-refractivity contribution in [3.8, 4) is 11.8 Å². The summed E-state index contributed by atoms with van der Waals surface area (Å²) in [5.74, 6) is -0.397. The van der Waals surface area contributed by atoms with E-state index in [1.807, 2.05) is 0 Å². The van der Waals surface area contributed by atoms with Gasteiger partial charge >= 0.3 is 0 Å². The van der Waals surface area contributed by atoms with Crippen molar-refractivity contribution in [3.05, 3.63) is 36.0 Å². The smallest absolute Gasteiger partial charge is 0.292 e. The van der Waals surface area contributed by atoms with Gasteiger partial charge in [-0.25, -0.2) is 9.37 Å². The summed E-state index contributed by atoms with van der Waals surface area (Å²) < 4.78 is 35.4. The van der Waals surface area contributed by atoms with Crippen LogP contribution < -0.4 is 9.47 Å². The Labute approximate surface area is 171 Å². The monoisotopic (exact) mass is 423 g/mol. The van der Waals surface area contributed by atoms with Gasteiger partial charge in [0, 0.05) is 19.2 Å². The third kappa shape index (κ3) is 4.85. The molecular weight excluding hydrogens is 401 g/mol. The minimum Gasteiger partial charge on any atom is -0.483 e. The Balaban J connectivity index is 0.000000806. The minimum absolute atomic E-state index is 0.0272. The van der Waals surface area contributed by atoms with Crippen LogP contribution in [0.15, 0.2) is 28.9 Å². The van der Waals surface area contributed by atoms with Crippen molar-refractivity contribution in [1.82, 2.24) is 15.0 Å². The SMILES string of the molecule is COc1cc(C(=O)N2CCC[C@@]3(C[C@@H](Oc4ncccc4F)CO3)C2)on1.O=CO. The summed E-state index contributed by atoms with van der Waals surface area (Å²) in [5, 5.41) is 10.6. The number of likely N-dealkylation sites (tertiary alicyclic amines) is 1. The van der Waals surface area contributed by atoms with Crippen molar-refractivity contribution in [3.63, 3.8) is 0 Å². The Hall–Kier alpha value is -3.21. The third-order valence-corrected chi connectivity index (χ3v) is 4.91. The summed E-state index contributed by atoms with van der Waals surface area (Å²) in [5.41, 5.74) is -0.506. The molecule has 2 aromatic rings. The van der Waals surface area contributed by atoms with Gasteiger partial charge in [0.2, 0.25) is 5.76 Å². The molecule has 4 heterocycles. The van der Waals surface area contributed by atoms with Gasteiger partial charge in [0.15, 0.2) is 5.82 Å². The molecule has 1 amide bonds. The standard InChI is InChI=1S/C18H20FN3O5.CH2O2/c1-24-15-8-14(27-21-15)17(23)22-7-3-5-18(11-22)9-12(10-25-18)26-16-13(19)4-2-6-20-16;2-1-3/h2,4,6,8,12H,3,5,7,9-11H2,1H3;1H,(H,2,3)/t12-,18-;/m1./s1. The number of aromatic nitrogens is 2. The maximum Gasteiger partial charge on any atom is 0.292 e. The molecule has 11 heteroatoms. The van der Waals surface area contributed by atoms with E-state index >= 15 is 0 Å². The van der Waals surface area contributed by atoms with Gasteiger partial charge < -0.3 is 28.7 Å². The molecule has 1 N–H and O–H groups in total. The van der Waals surface area contributed by atoms with E-state index in [1.54, 1.807) is 4.90 Å². The fraction of sp³-hybridized carbons (Fsp3) is 0.474. The lowest BCUT2D eigenvalue weighted by molar-refractivity contribution is -0.122. The van der Waals surface area contributed by atoms with Gasteiger partial charge in [0.05, 0.1) is 31.9 Å². The van der Waals surface area contributed by atoms with Crippen molar-refractivity contribution < 1.29 is 37.8 Å². The Morgan fingerprint density at radius 1 is 1.50 bits per heavy atom. The largest absolute Gasteiger partial charge is 0.483 e. The predicted octanol–water partition coefficient (Wildman–Crippen LogP) is 1.76. The number of hydrogen-bond donors (Lipinski definition) is 1. The predicted molar refractivity (Wildman–Crippen MR) is 98.8 cm³/mol. The zero-order chi connectivity index (χ0) is 21.6. The van der Waals surface area contributed by atoms with Gasteiger partial charge in [-0.05, 0) is 30.1 Å². The molecule has 1 spiro atoms. The molecular formula is C19H22FN3O7. The summed E-state index contributed by atoms with van der Waals surface area (Å²) in [7, 11) is 1.46. The molecule has 0 unspecified atom stereocenters. The van der Waals surface area contributed by atoms with E-state index in [1.165, 1.54) is 31.5 Å². The highest BCUT2D eigenvalue weighted by Crippen LogP contribution is 2.36. The highest BCUT2D eigenvalue weighted by atomic mass is 19.1. The number of ether oxygens (including phenoxy) is 3. The number of amides is 1. The maximum atomic E-state index is 13.8. The van der Waals surface area contributed by atoms with E-state index in [0.717, 1.165) is 12.8 Å². The van der Waals surface area contributed by atoms with Crippen LogP contribution in [0.1, 0.15) is 29.8 Å². The van der Waals surface area contributed by atoms with E-state index < -0.39 is 11.4 Å². The highest BCUT2D eigenvalue weighted by molar-refractivity contribution is 5.91. The maximum absolute atomic E-state index is 13.8. The summed E-state index contributed by atoms with van der Waals surface area (Å²) in [4.78, 5) is 26.6. The van der Waals surface area contributed by atoms with Crippen LogP contribution >= 0.6 is 0 Å². The van der Waals surface area contributed by atoms with Gasteiger partial charge in [-0.2, -0.15) is 0 Å². The summed E-state index contributed by atoms with van der Waals surface area (Å²) in [6, 6.07) is 4.29. The second kappa shape index (κ2) is 9.53. The minimum atomic E-state index is -0.506. The molecule has 4 rings (SSSR count). The molecule has 2 atom stereocenters. The zero-order valence-corrected chi connectivity index (χ0v) is 16.3. The number of carboxylic acid groups (broad SMARTS) is 1. The van der Waals surface area contributed by atoms with Gasteiger partial charge in [-0.3, -0.25) is 9.59 Å². The van der Waals surface area contributed by atoms with Crippen molar-refractivity contribution in [2.75, 3.05) is 26.8 Å². The molecule has 0 aromatic carbocycles. The normalized spacial score (nSPS) is 22.9. The zero-order valence-electron chi connectivity index (χ0n) is 16.3. The molecule has 0 bridgehead atoms. The Bertz CT molecular complexity index is 877. The Kier molecular flexibility index (Phi) is 6.83. The van der Waals surface area contributed by atoms with E-state index in [2.05, 4.69) is 10.1 Å². The van der Waals surface area contributed by atoms with Crippen LogP contribution in [0.3, 0.4) is 0 Å². The van der Waals surface area contributed by atoms with E-state index in [0.29, 0.717) is 26.1 Å². The van der Waals surface area contributed by atoms with Crippen molar-refractivity contribution in [2.45, 2.75) is 31.0 Å². The molecule has 0 aliphatic carbocycles. The van der Waals surface area contributed by atoms with Crippen LogP contribution in [0.5, 0.6) is 11.8 Å². The van der Waals surface area contributed by atoms with Crippen molar-refractivity contribution >= 4 is 12.4 Å². The number of piperidine rings is 1. The number of halogens is 1. The van der Waals surface area contributed by atoms with Gasteiger partial charge in [0.1, 0.15) is 6.10 Å². The molecule has 0 saturated carbocycles. The molecule has 2 saturated heterocycles. The average Bonchev–Trinajstić information content (AvgIpc) is 3.37. The van der Waals surface area contributed by atoms with Crippen LogP contribution in [0.2, 0.25) is 0 Å². The lowest BCUT2D eigenvalue weighted by Crippen LogP contribution is -2.50. The average molecular weight is 423 g/mol. The quantitative estimate of drug-likeness (QED) is 0.733. The number of methoxy groups -OCH3 is 1. The molecule has 2 fully saturated rings. The lowest BCUT2D eigenvalue weighted by Gasteiger charge is -2.39. The molecule has 0 radical (unpaired) electrons. The van der Waals surface area contributed by atoms with Gasteiger partial charge in [-0.1, -0.05) is 0 Å². The number of carbonyl (C=O) groups excluding carboxylic acids is 1. The number of carbonyl (C=O) groups is 2. The fourth-order valence-electron chi connectivity index (χ4n) is 3.66.